The molecule has 2 aromatic heterocycles. The summed E-state index contributed by atoms with van der Waals surface area (Å²) in [5.41, 5.74) is 6.83. The minimum Gasteiger partial charge on any atom is -0.494 e. The molecule has 0 aliphatic rings. The van der Waals surface area contributed by atoms with E-state index in [1.165, 1.54) is 19.4 Å². The molecule has 4 N–H and O–H groups in total. The van der Waals surface area contributed by atoms with Gasteiger partial charge >= 0.3 is 5.97 Å². The van der Waals surface area contributed by atoms with Crippen LogP contribution in [0.5, 0.6) is 5.75 Å². The van der Waals surface area contributed by atoms with Gasteiger partial charge in [0.15, 0.2) is 17.4 Å². The Hall–Kier alpha value is -3.75. The normalized spacial score (nSPS) is 10.4. The molecule has 0 radical (unpaired) electrons. The van der Waals surface area contributed by atoms with Gasteiger partial charge in [-0.05, 0) is 12.1 Å². The van der Waals surface area contributed by atoms with E-state index in [0.29, 0.717) is 17.0 Å². The molecule has 0 atom stereocenters. The Kier molecular flexibility index (Phi) is 4.61. The Labute approximate surface area is 147 Å². The second-order valence-electron chi connectivity index (χ2n) is 5.20. The maximum Gasteiger partial charge on any atom is 0.339 e. The maximum atomic E-state index is 13.1. The molecule has 1 aromatic carbocycles. The molecule has 0 aliphatic carbocycles. The number of ether oxygens (including phenoxy) is 1. The SMILES string of the molecule is COc1c(Nc2cc(N)ncc2C(=O)O)cccc1-c1ncc(F)cn1. The number of nitrogens with zero attached hydrogens (tertiary/aromatic N) is 3. The van der Waals surface area contributed by atoms with Crippen molar-refractivity contribution in [2.75, 3.05) is 18.2 Å². The number of carboxylic acid groups (broad SMARTS) is 1. The molecule has 9 heteroatoms. The molecule has 0 saturated carbocycles. The topological polar surface area (TPSA) is 123 Å². The van der Waals surface area contributed by atoms with Crippen LogP contribution in [-0.4, -0.2) is 33.1 Å². The van der Waals surface area contributed by atoms with Crippen molar-refractivity contribution in [3.63, 3.8) is 0 Å². The molecule has 0 fully saturated rings. The quantitative estimate of drug-likeness (QED) is 0.638. The third kappa shape index (κ3) is 3.36. The first-order valence-corrected chi connectivity index (χ1v) is 7.40. The van der Waals surface area contributed by atoms with Crippen molar-refractivity contribution in [3.05, 3.63) is 54.2 Å². The largest absolute Gasteiger partial charge is 0.494 e. The number of nitrogen functional groups attached to an aromatic ring is 1. The summed E-state index contributed by atoms with van der Waals surface area (Å²) in [6, 6.07) is 6.51. The predicted molar refractivity (Wildman–Crippen MR) is 92.9 cm³/mol. The number of anilines is 3. The van der Waals surface area contributed by atoms with E-state index in [9.17, 15) is 14.3 Å². The third-order valence-electron chi connectivity index (χ3n) is 3.51. The van der Waals surface area contributed by atoms with Gasteiger partial charge < -0.3 is 20.9 Å². The summed E-state index contributed by atoms with van der Waals surface area (Å²) < 4.78 is 18.5. The highest BCUT2D eigenvalue weighted by atomic mass is 19.1. The Morgan fingerprint density at radius 2 is 1.92 bits per heavy atom. The fraction of sp³-hybridized carbons (Fsp3) is 0.0588. The Morgan fingerprint density at radius 1 is 1.19 bits per heavy atom. The molecule has 0 amide bonds. The van der Waals surface area contributed by atoms with Crippen LogP contribution < -0.4 is 15.8 Å². The van der Waals surface area contributed by atoms with E-state index >= 15 is 0 Å². The Bertz CT molecular complexity index is 963. The Morgan fingerprint density at radius 3 is 2.58 bits per heavy atom. The first-order valence-electron chi connectivity index (χ1n) is 7.40. The predicted octanol–water partition coefficient (Wildman–Crippen LogP) is 2.71. The second-order valence-corrected chi connectivity index (χ2v) is 5.20. The number of nitrogens with one attached hydrogen (secondary N) is 1. The zero-order chi connectivity index (χ0) is 18.7. The zero-order valence-corrected chi connectivity index (χ0v) is 13.6. The monoisotopic (exact) mass is 355 g/mol. The summed E-state index contributed by atoms with van der Waals surface area (Å²) in [5, 5.41) is 12.3. The van der Waals surface area contributed by atoms with Crippen LogP contribution in [0.3, 0.4) is 0 Å². The number of aromatic nitrogens is 3. The number of hydrogen-bond donors (Lipinski definition) is 3. The first kappa shape index (κ1) is 17.1. The minimum absolute atomic E-state index is 0.0512. The van der Waals surface area contributed by atoms with E-state index in [4.69, 9.17) is 10.5 Å². The lowest BCUT2D eigenvalue weighted by atomic mass is 10.1. The fourth-order valence-electron chi connectivity index (χ4n) is 2.37. The number of nitrogens with two attached hydrogens (primary N) is 1. The zero-order valence-electron chi connectivity index (χ0n) is 13.6. The van der Waals surface area contributed by atoms with Crippen LogP contribution in [0.4, 0.5) is 21.6 Å². The number of methoxy groups -OCH3 is 1. The number of carboxylic acids is 1. The van der Waals surface area contributed by atoms with Crippen molar-refractivity contribution in [1.29, 1.82) is 0 Å². The number of pyridine rings is 1. The van der Waals surface area contributed by atoms with Gasteiger partial charge in [-0.15, -0.1) is 0 Å². The number of benzene rings is 1. The average Bonchev–Trinajstić information content (AvgIpc) is 2.62. The Balaban J connectivity index is 2.07. The lowest BCUT2D eigenvalue weighted by Crippen LogP contribution is -2.06. The third-order valence-corrected chi connectivity index (χ3v) is 3.51. The minimum atomic E-state index is -1.16. The molecule has 3 aromatic rings. The van der Waals surface area contributed by atoms with Gasteiger partial charge in [0, 0.05) is 12.3 Å². The fourth-order valence-corrected chi connectivity index (χ4v) is 2.37. The van der Waals surface area contributed by atoms with Crippen LogP contribution in [0.2, 0.25) is 0 Å². The lowest BCUT2D eigenvalue weighted by Gasteiger charge is -2.15. The molecule has 0 spiro atoms. The molecule has 2 heterocycles. The number of aromatic carboxylic acids is 1. The van der Waals surface area contributed by atoms with Crippen molar-refractivity contribution in [1.82, 2.24) is 15.0 Å². The van der Waals surface area contributed by atoms with E-state index < -0.39 is 11.8 Å². The van der Waals surface area contributed by atoms with Crippen LogP contribution in [-0.2, 0) is 0 Å². The van der Waals surface area contributed by atoms with Gasteiger partial charge in [-0.2, -0.15) is 0 Å². The van der Waals surface area contributed by atoms with Gasteiger partial charge in [-0.3, -0.25) is 0 Å². The van der Waals surface area contributed by atoms with Crippen molar-refractivity contribution < 1.29 is 19.0 Å². The highest BCUT2D eigenvalue weighted by Gasteiger charge is 2.17. The molecular weight excluding hydrogens is 341 g/mol. The molecule has 3 rings (SSSR count). The van der Waals surface area contributed by atoms with E-state index in [2.05, 4.69) is 20.3 Å². The van der Waals surface area contributed by atoms with Crippen molar-refractivity contribution in [2.24, 2.45) is 0 Å². The van der Waals surface area contributed by atoms with Crippen molar-refractivity contribution >= 4 is 23.2 Å². The highest BCUT2D eigenvalue weighted by molar-refractivity contribution is 5.96. The standard InChI is InChI=1S/C17H14FN5O3/c1-26-15-10(16-21-6-9(18)7-22-16)3-2-4-12(15)23-13-5-14(19)20-8-11(13)17(24)25/h2-8H,1H3,(H,24,25)(H3,19,20,23). The number of hydrogen-bond acceptors (Lipinski definition) is 7. The average molecular weight is 355 g/mol. The van der Waals surface area contributed by atoms with Gasteiger partial charge in [0.1, 0.15) is 11.4 Å². The summed E-state index contributed by atoms with van der Waals surface area (Å²) in [4.78, 5) is 23.1. The highest BCUT2D eigenvalue weighted by Crippen LogP contribution is 2.37. The first-order chi connectivity index (χ1) is 12.5. The number of rotatable bonds is 5. The second kappa shape index (κ2) is 7.01. The van der Waals surface area contributed by atoms with E-state index in [-0.39, 0.29) is 22.9 Å². The number of para-hydroxylation sites is 1. The van der Waals surface area contributed by atoms with E-state index in [1.807, 2.05) is 0 Å². The molecular formula is C17H14FN5O3. The van der Waals surface area contributed by atoms with Crippen molar-refractivity contribution in [3.8, 4) is 17.1 Å². The van der Waals surface area contributed by atoms with E-state index in [1.54, 1.807) is 18.2 Å². The summed E-state index contributed by atoms with van der Waals surface area (Å²) in [5.74, 6) is -0.919. The summed E-state index contributed by atoms with van der Waals surface area (Å²) in [7, 11) is 1.45. The van der Waals surface area contributed by atoms with Crippen LogP contribution in [0.1, 0.15) is 10.4 Å². The van der Waals surface area contributed by atoms with Crippen LogP contribution in [0.25, 0.3) is 11.4 Å². The van der Waals surface area contributed by atoms with Gasteiger partial charge in [0.05, 0.1) is 36.4 Å². The molecule has 0 unspecified atom stereocenters. The number of halogens is 1. The van der Waals surface area contributed by atoms with Gasteiger partial charge in [-0.1, -0.05) is 6.07 Å². The summed E-state index contributed by atoms with van der Waals surface area (Å²) in [6.45, 7) is 0. The van der Waals surface area contributed by atoms with Crippen LogP contribution in [0.15, 0.2) is 42.9 Å². The molecule has 0 bridgehead atoms. The van der Waals surface area contributed by atoms with Crippen LogP contribution >= 0.6 is 0 Å². The maximum absolute atomic E-state index is 13.1. The van der Waals surface area contributed by atoms with Crippen LogP contribution in [0, 0.1) is 5.82 Å². The van der Waals surface area contributed by atoms with Gasteiger partial charge in [0.25, 0.3) is 0 Å². The molecule has 26 heavy (non-hydrogen) atoms. The van der Waals surface area contributed by atoms with Gasteiger partial charge in [0.2, 0.25) is 0 Å². The molecule has 132 valence electrons. The molecule has 0 saturated heterocycles. The number of carbonyl (C=O) groups is 1. The smallest absolute Gasteiger partial charge is 0.339 e. The van der Waals surface area contributed by atoms with E-state index in [0.717, 1.165) is 12.4 Å². The summed E-state index contributed by atoms with van der Waals surface area (Å²) in [6.07, 6.45) is 3.27. The van der Waals surface area contributed by atoms with Crippen molar-refractivity contribution in [2.45, 2.75) is 0 Å². The lowest BCUT2D eigenvalue weighted by molar-refractivity contribution is 0.0697. The molecule has 8 nitrogen and oxygen atoms in total. The van der Waals surface area contributed by atoms with Gasteiger partial charge in [-0.25, -0.2) is 24.1 Å². The molecule has 0 aliphatic heterocycles. The summed E-state index contributed by atoms with van der Waals surface area (Å²) >= 11 is 0.